The average molecular weight is 293 g/mol. The second-order valence-corrected chi connectivity index (χ2v) is 4.57. The second-order valence-electron chi connectivity index (χ2n) is 3.75. The Morgan fingerprint density at radius 2 is 1.89 bits per heavy atom. The van der Waals surface area contributed by atoms with E-state index in [4.69, 9.17) is 28.3 Å². The number of rotatable bonds is 7. The molecule has 0 fully saturated rings. The monoisotopic (exact) mass is 292 g/mol. The molecular formula is C11H14Cl2N2O3. The van der Waals surface area contributed by atoms with Crippen molar-refractivity contribution >= 4 is 34.6 Å². The van der Waals surface area contributed by atoms with Gasteiger partial charge in [0.25, 0.3) is 5.69 Å². The first kappa shape index (κ1) is 15.0. The summed E-state index contributed by atoms with van der Waals surface area (Å²) in [6.07, 6.45) is 2.40. The highest BCUT2D eigenvalue weighted by Gasteiger charge is 2.16. The third-order valence-corrected chi connectivity index (χ3v) is 3.11. The molecule has 0 aliphatic carbocycles. The van der Waals surface area contributed by atoms with Gasteiger partial charge in [0.2, 0.25) is 0 Å². The number of hydrogen-bond donors (Lipinski definition) is 2. The number of nitrogens with zero attached hydrogens (tertiary/aromatic N) is 1. The minimum Gasteiger partial charge on any atom is -0.396 e. The SMILES string of the molecule is O=[N+]([O-])c1cc(Cl)c(Cl)cc1NCCCCCO. The number of benzene rings is 1. The van der Waals surface area contributed by atoms with Gasteiger partial charge in [-0.15, -0.1) is 0 Å². The van der Waals surface area contributed by atoms with Crippen LogP contribution in [0.2, 0.25) is 10.0 Å². The van der Waals surface area contributed by atoms with Crippen LogP contribution in [0.4, 0.5) is 11.4 Å². The molecule has 0 amide bonds. The quantitative estimate of drug-likeness (QED) is 0.458. The van der Waals surface area contributed by atoms with E-state index in [2.05, 4.69) is 5.32 Å². The molecular weight excluding hydrogens is 279 g/mol. The lowest BCUT2D eigenvalue weighted by Crippen LogP contribution is -2.04. The number of nitrogens with one attached hydrogen (secondary N) is 1. The van der Waals surface area contributed by atoms with Crippen molar-refractivity contribution < 1.29 is 10.0 Å². The molecule has 100 valence electrons. The summed E-state index contributed by atoms with van der Waals surface area (Å²) in [4.78, 5) is 10.3. The zero-order valence-corrected chi connectivity index (χ0v) is 11.2. The Hall–Kier alpha value is -1.04. The number of aliphatic hydroxyl groups excluding tert-OH is 1. The summed E-state index contributed by atoms with van der Waals surface area (Å²) in [5.41, 5.74) is 0.268. The van der Waals surface area contributed by atoms with Gasteiger partial charge < -0.3 is 10.4 Å². The molecule has 2 N–H and O–H groups in total. The van der Waals surface area contributed by atoms with Crippen LogP contribution in [-0.4, -0.2) is 23.2 Å². The van der Waals surface area contributed by atoms with Crippen molar-refractivity contribution in [2.75, 3.05) is 18.5 Å². The molecule has 0 aliphatic heterocycles. The summed E-state index contributed by atoms with van der Waals surface area (Å²) in [5.74, 6) is 0. The fourth-order valence-electron chi connectivity index (χ4n) is 1.47. The van der Waals surface area contributed by atoms with E-state index in [9.17, 15) is 10.1 Å². The summed E-state index contributed by atoms with van der Waals surface area (Å²) in [7, 11) is 0. The number of unbranched alkanes of at least 4 members (excludes halogenated alkanes) is 2. The van der Waals surface area contributed by atoms with Gasteiger partial charge in [-0.25, -0.2) is 0 Å². The summed E-state index contributed by atoms with van der Waals surface area (Å²) in [6, 6.07) is 2.69. The van der Waals surface area contributed by atoms with Crippen LogP contribution in [0.25, 0.3) is 0 Å². The van der Waals surface area contributed by atoms with Gasteiger partial charge in [-0.2, -0.15) is 0 Å². The van der Waals surface area contributed by atoms with E-state index in [1.807, 2.05) is 0 Å². The van der Waals surface area contributed by atoms with Crippen molar-refractivity contribution in [3.8, 4) is 0 Å². The average Bonchev–Trinajstić information content (AvgIpc) is 2.32. The number of aliphatic hydroxyl groups is 1. The summed E-state index contributed by atoms with van der Waals surface area (Å²) in [6.45, 7) is 0.742. The molecule has 5 nitrogen and oxygen atoms in total. The number of nitro benzene ring substituents is 1. The molecule has 0 aromatic heterocycles. The molecule has 0 aliphatic rings. The largest absolute Gasteiger partial charge is 0.396 e. The number of hydrogen-bond acceptors (Lipinski definition) is 4. The lowest BCUT2D eigenvalue weighted by atomic mass is 10.2. The Balaban J connectivity index is 2.68. The molecule has 1 aromatic carbocycles. The van der Waals surface area contributed by atoms with E-state index in [1.165, 1.54) is 12.1 Å². The maximum absolute atomic E-state index is 10.9. The Morgan fingerprint density at radius 1 is 1.22 bits per heavy atom. The number of halogens is 2. The third-order valence-electron chi connectivity index (χ3n) is 2.39. The van der Waals surface area contributed by atoms with Crippen LogP contribution >= 0.6 is 23.2 Å². The fraction of sp³-hybridized carbons (Fsp3) is 0.455. The molecule has 0 radical (unpaired) electrons. The Bertz CT molecular complexity index is 427. The van der Waals surface area contributed by atoms with Gasteiger partial charge in [-0.3, -0.25) is 10.1 Å². The molecule has 0 unspecified atom stereocenters. The maximum Gasteiger partial charge on any atom is 0.293 e. The lowest BCUT2D eigenvalue weighted by molar-refractivity contribution is -0.383. The van der Waals surface area contributed by atoms with E-state index in [-0.39, 0.29) is 22.3 Å². The molecule has 0 spiro atoms. The first-order valence-corrected chi connectivity index (χ1v) is 6.30. The highest BCUT2D eigenvalue weighted by Crippen LogP contribution is 2.33. The molecule has 7 heteroatoms. The van der Waals surface area contributed by atoms with Gasteiger partial charge >= 0.3 is 0 Å². The summed E-state index contributed by atoms with van der Waals surface area (Å²) >= 11 is 11.6. The van der Waals surface area contributed by atoms with E-state index < -0.39 is 4.92 Å². The first-order valence-electron chi connectivity index (χ1n) is 5.54. The van der Waals surface area contributed by atoms with Crippen LogP contribution < -0.4 is 5.32 Å². The summed E-state index contributed by atoms with van der Waals surface area (Å²) in [5, 5.41) is 22.9. The topological polar surface area (TPSA) is 75.4 Å². The van der Waals surface area contributed by atoms with Gasteiger partial charge in [0.15, 0.2) is 0 Å². The first-order chi connectivity index (χ1) is 8.56. The van der Waals surface area contributed by atoms with Crippen LogP contribution in [0.1, 0.15) is 19.3 Å². The predicted octanol–water partition coefficient (Wildman–Crippen LogP) is 3.48. The standard InChI is InChI=1S/C11H14Cl2N2O3/c12-8-6-10(14-4-2-1-3-5-16)11(15(17)18)7-9(8)13/h6-7,14,16H,1-5H2. The minimum absolute atomic E-state index is 0.0911. The Morgan fingerprint density at radius 3 is 2.50 bits per heavy atom. The predicted molar refractivity (Wildman–Crippen MR) is 72.5 cm³/mol. The van der Waals surface area contributed by atoms with Crippen molar-refractivity contribution in [3.63, 3.8) is 0 Å². The van der Waals surface area contributed by atoms with Gasteiger partial charge in [0.05, 0.1) is 15.0 Å². The zero-order chi connectivity index (χ0) is 13.5. The molecule has 0 bridgehead atoms. The van der Waals surface area contributed by atoms with Crippen LogP contribution in [-0.2, 0) is 0 Å². The van der Waals surface area contributed by atoms with Crippen LogP contribution in [0.5, 0.6) is 0 Å². The Labute approximate surface area is 115 Å². The smallest absolute Gasteiger partial charge is 0.293 e. The molecule has 1 rings (SSSR count). The van der Waals surface area contributed by atoms with Crippen LogP contribution in [0.15, 0.2) is 12.1 Å². The highest BCUT2D eigenvalue weighted by molar-refractivity contribution is 6.42. The molecule has 0 atom stereocenters. The fourth-order valence-corrected chi connectivity index (χ4v) is 1.79. The summed E-state index contributed by atoms with van der Waals surface area (Å²) < 4.78 is 0. The number of nitro groups is 1. The molecule has 0 saturated heterocycles. The highest BCUT2D eigenvalue weighted by atomic mass is 35.5. The van der Waals surface area contributed by atoms with E-state index in [0.717, 1.165) is 19.3 Å². The normalized spacial score (nSPS) is 10.4. The van der Waals surface area contributed by atoms with Gasteiger partial charge in [-0.1, -0.05) is 23.2 Å². The van der Waals surface area contributed by atoms with Crippen molar-refractivity contribution in [2.24, 2.45) is 0 Å². The lowest BCUT2D eigenvalue weighted by Gasteiger charge is -2.08. The minimum atomic E-state index is -0.502. The second kappa shape index (κ2) is 7.41. The van der Waals surface area contributed by atoms with E-state index in [0.29, 0.717) is 12.2 Å². The molecule has 18 heavy (non-hydrogen) atoms. The van der Waals surface area contributed by atoms with Crippen LogP contribution in [0, 0.1) is 10.1 Å². The number of anilines is 1. The van der Waals surface area contributed by atoms with E-state index in [1.54, 1.807) is 0 Å². The van der Waals surface area contributed by atoms with Gasteiger partial charge in [0, 0.05) is 19.2 Å². The van der Waals surface area contributed by atoms with Crippen molar-refractivity contribution in [2.45, 2.75) is 19.3 Å². The zero-order valence-electron chi connectivity index (χ0n) is 9.66. The van der Waals surface area contributed by atoms with Crippen molar-refractivity contribution in [1.82, 2.24) is 0 Å². The van der Waals surface area contributed by atoms with Gasteiger partial charge in [-0.05, 0) is 25.3 Å². The van der Waals surface area contributed by atoms with Crippen molar-refractivity contribution in [3.05, 3.63) is 32.3 Å². The van der Waals surface area contributed by atoms with Crippen molar-refractivity contribution in [1.29, 1.82) is 0 Å². The van der Waals surface area contributed by atoms with Gasteiger partial charge in [0.1, 0.15) is 5.69 Å². The third kappa shape index (κ3) is 4.33. The molecule has 0 heterocycles. The van der Waals surface area contributed by atoms with E-state index >= 15 is 0 Å². The Kier molecular flexibility index (Phi) is 6.18. The van der Waals surface area contributed by atoms with Crippen LogP contribution in [0.3, 0.4) is 0 Å². The maximum atomic E-state index is 10.9. The molecule has 1 aromatic rings. The molecule has 0 saturated carbocycles.